The van der Waals surface area contributed by atoms with Crippen molar-refractivity contribution in [2.75, 3.05) is 17.4 Å². The van der Waals surface area contributed by atoms with Crippen molar-refractivity contribution in [3.05, 3.63) is 34.9 Å². The molecule has 3 heteroatoms. The van der Waals surface area contributed by atoms with Crippen LogP contribution in [0.15, 0.2) is 24.3 Å². The van der Waals surface area contributed by atoms with Crippen molar-refractivity contribution in [1.82, 2.24) is 0 Å². The standard InChI is InChI=1S/C14H20Cl2S/c1-2-17-8-4-6-13(11-15)9-12-5-3-7-14(16)10-12/h3,5,7,10,13H,2,4,6,8-9,11H2,1H3. The highest BCUT2D eigenvalue weighted by Crippen LogP contribution is 2.19. The third-order valence-electron chi connectivity index (χ3n) is 2.74. The third kappa shape index (κ3) is 6.59. The Hall–Kier alpha value is 0.150. The molecule has 0 bridgehead atoms. The summed E-state index contributed by atoms with van der Waals surface area (Å²) in [7, 11) is 0. The Kier molecular flexibility index (Phi) is 8.17. The number of hydrogen-bond acceptors (Lipinski definition) is 1. The summed E-state index contributed by atoms with van der Waals surface area (Å²) in [5.41, 5.74) is 1.30. The van der Waals surface area contributed by atoms with Gasteiger partial charge in [-0.25, -0.2) is 0 Å². The fourth-order valence-corrected chi connectivity index (χ4v) is 2.99. The van der Waals surface area contributed by atoms with E-state index in [0.717, 1.165) is 17.3 Å². The van der Waals surface area contributed by atoms with Gasteiger partial charge in [0.1, 0.15) is 0 Å². The largest absolute Gasteiger partial charge is 0.162 e. The van der Waals surface area contributed by atoms with E-state index in [1.54, 1.807) is 0 Å². The maximum atomic E-state index is 6.03. The fourth-order valence-electron chi connectivity index (χ4n) is 1.85. The van der Waals surface area contributed by atoms with Gasteiger partial charge in [-0.2, -0.15) is 11.8 Å². The van der Waals surface area contributed by atoms with E-state index in [-0.39, 0.29) is 0 Å². The fraction of sp³-hybridized carbons (Fsp3) is 0.571. The van der Waals surface area contributed by atoms with Crippen molar-refractivity contribution < 1.29 is 0 Å². The SMILES string of the molecule is CCSCCCC(CCl)Cc1cccc(Cl)c1. The van der Waals surface area contributed by atoms with Crippen molar-refractivity contribution in [2.24, 2.45) is 5.92 Å². The first kappa shape index (κ1) is 15.2. The highest BCUT2D eigenvalue weighted by molar-refractivity contribution is 7.99. The molecule has 1 unspecified atom stereocenters. The van der Waals surface area contributed by atoms with Crippen LogP contribution in [0.4, 0.5) is 0 Å². The molecule has 96 valence electrons. The van der Waals surface area contributed by atoms with Crippen LogP contribution in [0.5, 0.6) is 0 Å². The number of halogens is 2. The number of benzene rings is 1. The molecular weight excluding hydrogens is 271 g/mol. The van der Waals surface area contributed by atoms with Crippen LogP contribution in [0.25, 0.3) is 0 Å². The molecule has 0 aromatic heterocycles. The van der Waals surface area contributed by atoms with Gasteiger partial charge in [-0.1, -0.05) is 30.7 Å². The summed E-state index contributed by atoms with van der Waals surface area (Å²) < 4.78 is 0. The van der Waals surface area contributed by atoms with Gasteiger partial charge in [0.2, 0.25) is 0 Å². The molecule has 0 saturated heterocycles. The zero-order chi connectivity index (χ0) is 12.5. The second-order valence-corrected chi connectivity index (χ2v) is 6.33. The molecule has 0 spiro atoms. The quantitative estimate of drug-likeness (QED) is 0.464. The van der Waals surface area contributed by atoms with Crippen LogP contribution in [0.3, 0.4) is 0 Å². The Morgan fingerprint density at radius 2 is 2.18 bits per heavy atom. The molecule has 0 heterocycles. The molecule has 0 aliphatic heterocycles. The van der Waals surface area contributed by atoms with Crippen LogP contribution in [0.2, 0.25) is 5.02 Å². The van der Waals surface area contributed by atoms with Gasteiger partial charge in [0.15, 0.2) is 0 Å². The molecule has 1 rings (SSSR count). The van der Waals surface area contributed by atoms with Gasteiger partial charge in [0, 0.05) is 10.9 Å². The molecular formula is C14H20Cl2S. The van der Waals surface area contributed by atoms with E-state index in [2.05, 4.69) is 13.0 Å². The van der Waals surface area contributed by atoms with E-state index in [0.29, 0.717) is 5.92 Å². The average Bonchev–Trinajstić information content (AvgIpc) is 2.33. The van der Waals surface area contributed by atoms with Gasteiger partial charge in [0.05, 0.1) is 0 Å². The molecule has 0 aliphatic carbocycles. The second kappa shape index (κ2) is 9.13. The number of hydrogen-bond donors (Lipinski definition) is 0. The Bertz CT molecular complexity index is 315. The maximum absolute atomic E-state index is 6.03. The Morgan fingerprint density at radius 1 is 1.35 bits per heavy atom. The van der Waals surface area contributed by atoms with Crippen molar-refractivity contribution in [3.8, 4) is 0 Å². The number of alkyl halides is 1. The molecule has 1 atom stereocenters. The van der Waals surface area contributed by atoms with Gasteiger partial charge in [-0.15, -0.1) is 11.6 Å². The van der Waals surface area contributed by atoms with Crippen molar-refractivity contribution in [3.63, 3.8) is 0 Å². The number of thioether (sulfide) groups is 1. The Balaban J connectivity index is 2.35. The maximum Gasteiger partial charge on any atom is 0.0408 e. The molecule has 0 amide bonds. The molecule has 1 aromatic rings. The highest BCUT2D eigenvalue weighted by Gasteiger charge is 2.08. The summed E-state index contributed by atoms with van der Waals surface area (Å²) >= 11 is 14.0. The minimum absolute atomic E-state index is 0.576. The average molecular weight is 291 g/mol. The van der Waals surface area contributed by atoms with Crippen molar-refractivity contribution >= 4 is 35.0 Å². The molecule has 0 aliphatic rings. The van der Waals surface area contributed by atoms with Gasteiger partial charge in [-0.3, -0.25) is 0 Å². The lowest BCUT2D eigenvalue weighted by atomic mass is 9.97. The van der Waals surface area contributed by atoms with Crippen molar-refractivity contribution in [1.29, 1.82) is 0 Å². The van der Waals surface area contributed by atoms with E-state index in [9.17, 15) is 0 Å². The van der Waals surface area contributed by atoms with Crippen LogP contribution < -0.4 is 0 Å². The molecule has 0 radical (unpaired) electrons. The predicted molar refractivity (Wildman–Crippen MR) is 81.6 cm³/mol. The van der Waals surface area contributed by atoms with E-state index in [1.807, 2.05) is 30.0 Å². The summed E-state index contributed by atoms with van der Waals surface area (Å²) in [6.07, 6.45) is 3.51. The number of rotatable bonds is 8. The molecule has 0 fully saturated rings. The Morgan fingerprint density at radius 3 is 2.82 bits per heavy atom. The predicted octanol–water partition coefficient (Wildman–Crippen LogP) is 5.27. The summed E-state index contributed by atoms with van der Waals surface area (Å²) in [5.74, 6) is 3.77. The molecule has 0 nitrogen and oxygen atoms in total. The third-order valence-corrected chi connectivity index (χ3v) is 4.39. The van der Waals surface area contributed by atoms with Gasteiger partial charge >= 0.3 is 0 Å². The summed E-state index contributed by atoms with van der Waals surface area (Å²) in [6.45, 7) is 2.20. The lowest BCUT2D eigenvalue weighted by Crippen LogP contribution is -2.07. The molecule has 17 heavy (non-hydrogen) atoms. The topological polar surface area (TPSA) is 0 Å². The van der Waals surface area contributed by atoms with Crippen LogP contribution in [0, 0.1) is 5.92 Å². The monoisotopic (exact) mass is 290 g/mol. The second-order valence-electron chi connectivity index (χ2n) is 4.19. The zero-order valence-electron chi connectivity index (χ0n) is 10.3. The summed E-state index contributed by atoms with van der Waals surface area (Å²) in [6, 6.07) is 8.10. The first-order valence-corrected chi connectivity index (χ1v) is 8.21. The summed E-state index contributed by atoms with van der Waals surface area (Å²) in [5, 5.41) is 0.817. The smallest absolute Gasteiger partial charge is 0.0408 e. The minimum Gasteiger partial charge on any atom is -0.162 e. The van der Waals surface area contributed by atoms with Crippen LogP contribution in [0.1, 0.15) is 25.3 Å². The zero-order valence-corrected chi connectivity index (χ0v) is 12.6. The van der Waals surface area contributed by atoms with E-state index in [4.69, 9.17) is 23.2 Å². The lowest BCUT2D eigenvalue weighted by molar-refractivity contribution is 0.530. The van der Waals surface area contributed by atoms with E-state index in [1.165, 1.54) is 29.9 Å². The first-order chi connectivity index (χ1) is 8.26. The van der Waals surface area contributed by atoms with Gasteiger partial charge < -0.3 is 0 Å². The van der Waals surface area contributed by atoms with E-state index >= 15 is 0 Å². The molecule has 0 saturated carbocycles. The lowest BCUT2D eigenvalue weighted by Gasteiger charge is -2.13. The van der Waals surface area contributed by atoms with Gasteiger partial charge in [-0.05, 0) is 54.4 Å². The Labute approximate surface area is 119 Å². The molecule has 1 aromatic carbocycles. The normalized spacial score (nSPS) is 12.6. The minimum atomic E-state index is 0.576. The van der Waals surface area contributed by atoms with Crippen molar-refractivity contribution in [2.45, 2.75) is 26.2 Å². The van der Waals surface area contributed by atoms with Crippen LogP contribution >= 0.6 is 35.0 Å². The van der Waals surface area contributed by atoms with Crippen LogP contribution in [-0.4, -0.2) is 17.4 Å². The first-order valence-electron chi connectivity index (χ1n) is 6.14. The van der Waals surface area contributed by atoms with Gasteiger partial charge in [0.25, 0.3) is 0 Å². The summed E-state index contributed by atoms with van der Waals surface area (Å²) in [4.78, 5) is 0. The highest BCUT2D eigenvalue weighted by atomic mass is 35.5. The van der Waals surface area contributed by atoms with Crippen LogP contribution in [-0.2, 0) is 6.42 Å². The van der Waals surface area contributed by atoms with E-state index < -0.39 is 0 Å². The molecule has 0 N–H and O–H groups in total.